The highest BCUT2D eigenvalue weighted by Gasteiger charge is 2.30. The van der Waals surface area contributed by atoms with E-state index in [9.17, 15) is 4.79 Å². The van der Waals surface area contributed by atoms with Crippen LogP contribution in [0.3, 0.4) is 0 Å². The largest absolute Gasteiger partial charge is 0.378 e. The predicted molar refractivity (Wildman–Crippen MR) is 101 cm³/mol. The van der Waals surface area contributed by atoms with Crippen LogP contribution in [0, 0.1) is 12.8 Å². The van der Waals surface area contributed by atoms with Crippen molar-refractivity contribution in [1.29, 1.82) is 0 Å². The Hall–Kier alpha value is -1.89. The number of aromatic nitrogens is 2. The molecule has 1 aliphatic carbocycles. The average molecular weight is 359 g/mol. The molecule has 1 aromatic rings. The van der Waals surface area contributed by atoms with Crippen molar-refractivity contribution in [2.75, 3.05) is 62.3 Å². The standard InChI is InChI=1S/C19H29N5O2/c1-15-14-17(21-19(20-15)24-10-12-26-13-11-24)22-6-8-23(9-7-22)18(25)16-4-2-3-5-16/h14,16H,2-13H2,1H3. The lowest BCUT2D eigenvalue weighted by atomic mass is 10.1. The van der Waals surface area contributed by atoms with Crippen molar-refractivity contribution < 1.29 is 9.53 Å². The van der Waals surface area contributed by atoms with Crippen molar-refractivity contribution in [3.63, 3.8) is 0 Å². The van der Waals surface area contributed by atoms with Crippen molar-refractivity contribution in [3.8, 4) is 0 Å². The second-order valence-corrected chi connectivity index (χ2v) is 7.56. The molecule has 0 bridgehead atoms. The van der Waals surface area contributed by atoms with Crippen molar-refractivity contribution in [3.05, 3.63) is 11.8 Å². The van der Waals surface area contributed by atoms with Gasteiger partial charge in [0, 0.05) is 56.9 Å². The highest BCUT2D eigenvalue weighted by Crippen LogP contribution is 2.27. The molecule has 142 valence electrons. The highest BCUT2D eigenvalue weighted by atomic mass is 16.5. The van der Waals surface area contributed by atoms with Crippen LogP contribution in [0.25, 0.3) is 0 Å². The molecule has 0 unspecified atom stereocenters. The molecule has 7 nitrogen and oxygen atoms in total. The van der Waals surface area contributed by atoms with Gasteiger partial charge >= 0.3 is 0 Å². The summed E-state index contributed by atoms with van der Waals surface area (Å²) in [5, 5.41) is 0. The maximum absolute atomic E-state index is 12.6. The topological polar surface area (TPSA) is 61.8 Å². The quantitative estimate of drug-likeness (QED) is 0.814. The van der Waals surface area contributed by atoms with E-state index in [0.717, 1.165) is 82.8 Å². The molecule has 2 saturated heterocycles. The Balaban J connectivity index is 1.40. The molecule has 3 heterocycles. The van der Waals surface area contributed by atoms with Crippen LogP contribution >= 0.6 is 0 Å². The minimum atomic E-state index is 0.274. The number of nitrogens with zero attached hydrogens (tertiary/aromatic N) is 5. The van der Waals surface area contributed by atoms with Gasteiger partial charge in [-0.2, -0.15) is 4.98 Å². The Labute approximate surface area is 155 Å². The molecule has 0 atom stereocenters. The van der Waals surface area contributed by atoms with Gasteiger partial charge in [0.25, 0.3) is 0 Å². The van der Waals surface area contributed by atoms with Crippen LogP contribution < -0.4 is 9.80 Å². The number of rotatable bonds is 3. The molecule has 0 radical (unpaired) electrons. The third kappa shape index (κ3) is 3.77. The van der Waals surface area contributed by atoms with Gasteiger partial charge in [0.1, 0.15) is 5.82 Å². The van der Waals surface area contributed by atoms with Crippen molar-refractivity contribution in [2.45, 2.75) is 32.6 Å². The van der Waals surface area contributed by atoms with Crippen molar-refractivity contribution >= 4 is 17.7 Å². The molecule has 4 rings (SSSR count). The Morgan fingerprint density at radius 2 is 1.69 bits per heavy atom. The minimum absolute atomic E-state index is 0.274. The van der Waals surface area contributed by atoms with Gasteiger partial charge in [-0.15, -0.1) is 0 Å². The van der Waals surface area contributed by atoms with Gasteiger partial charge in [-0.25, -0.2) is 4.98 Å². The van der Waals surface area contributed by atoms with Crippen LogP contribution in [0.4, 0.5) is 11.8 Å². The van der Waals surface area contributed by atoms with Gasteiger partial charge in [0.05, 0.1) is 13.2 Å². The van der Waals surface area contributed by atoms with Gasteiger partial charge in [-0.1, -0.05) is 12.8 Å². The summed E-state index contributed by atoms with van der Waals surface area (Å²) in [6.45, 7) is 8.45. The fourth-order valence-electron chi connectivity index (χ4n) is 4.19. The van der Waals surface area contributed by atoms with E-state index in [4.69, 9.17) is 9.72 Å². The zero-order valence-corrected chi connectivity index (χ0v) is 15.7. The fraction of sp³-hybridized carbons (Fsp3) is 0.737. The maximum Gasteiger partial charge on any atom is 0.227 e. The van der Waals surface area contributed by atoms with Crippen LogP contribution in [-0.2, 0) is 9.53 Å². The van der Waals surface area contributed by atoms with E-state index in [-0.39, 0.29) is 5.92 Å². The normalized spacial score (nSPS) is 22.1. The number of hydrogen-bond acceptors (Lipinski definition) is 6. The fourth-order valence-corrected chi connectivity index (χ4v) is 4.19. The smallest absolute Gasteiger partial charge is 0.227 e. The van der Waals surface area contributed by atoms with Gasteiger partial charge in [-0.3, -0.25) is 4.79 Å². The molecule has 0 N–H and O–H groups in total. The van der Waals surface area contributed by atoms with Gasteiger partial charge in [-0.05, 0) is 19.8 Å². The lowest BCUT2D eigenvalue weighted by molar-refractivity contribution is -0.135. The summed E-state index contributed by atoms with van der Waals surface area (Å²) >= 11 is 0. The zero-order chi connectivity index (χ0) is 17.9. The molecule has 1 aromatic heterocycles. The number of aryl methyl sites for hydroxylation is 1. The zero-order valence-electron chi connectivity index (χ0n) is 15.7. The predicted octanol–water partition coefficient (Wildman–Crippen LogP) is 1.46. The van der Waals surface area contributed by atoms with E-state index in [1.165, 1.54) is 12.8 Å². The molecule has 0 aromatic carbocycles. The first-order valence-corrected chi connectivity index (χ1v) is 9.93. The molecule has 2 aliphatic heterocycles. The maximum atomic E-state index is 12.6. The number of anilines is 2. The number of morpholine rings is 1. The van der Waals surface area contributed by atoms with E-state index >= 15 is 0 Å². The average Bonchev–Trinajstić information content (AvgIpc) is 3.22. The van der Waals surface area contributed by atoms with Gasteiger partial charge < -0.3 is 19.4 Å². The van der Waals surface area contributed by atoms with E-state index in [1.807, 2.05) is 6.92 Å². The molecule has 26 heavy (non-hydrogen) atoms. The molecule has 1 saturated carbocycles. The van der Waals surface area contributed by atoms with E-state index < -0.39 is 0 Å². The monoisotopic (exact) mass is 359 g/mol. The van der Waals surface area contributed by atoms with Crippen LogP contribution in [-0.4, -0.2) is 73.3 Å². The van der Waals surface area contributed by atoms with E-state index in [2.05, 4.69) is 25.8 Å². The number of carbonyl (C=O) groups excluding carboxylic acids is 1. The van der Waals surface area contributed by atoms with E-state index in [0.29, 0.717) is 5.91 Å². The second-order valence-electron chi connectivity index (χ2n) is 7.56. The summed E-state index contributed by atoms with van der Waals surface area (Å²) in [6.07, 6.45) is 4.57. The Bertz CT molecular complexity index is 633. The second kappa shape index (κ2) is 7.78. The first-order valence-electron chi connectivity index (χ1n) is 9.93. The molecule has 0 spiro atoms. The minimum Gasteiger partial charge on any atom is -0.378 e. The molecule has 3 fully saturated rings. The lowest BCUT2D eigenvalue weighted by Crippen LogP contribution is -2.50. The van der Waals surface area contributed by atoms with E-state index in [1.54, 1.807) is 0 Å². The number of ether oxygens (including phenoxy) is 1. The summed E-state index contributed by atoms with van der Waals surface area (Å²) in [5.41, 5.74) is 0.987. The summed E-state index contributed by atoms with van der Waals surface area (Å²) < 4.78 is 5.43. The third-order valence-corrected chi connectivity index (χ3v) is 5.74. The summed E-state index contributed by atoms with van der Waals surface area (Å²) in [6, 6.07) is 2.05. The van der Waals surface area contributed by atoms with Crippen LogP contribution in [0.2, 0.25) is 0 Å². The molecule has 1 amide bonds. The van der Waals surface area contributed by atoms with Crippen LogP contribution in [0.15, 0.2) is 6.07 Å². The first kappa shape index (κ1) is 17.5. The van der Waals surface area contributed by atoms with Crippen LogP contribution in [0.1, 0.15) is 31.4 Å². The summed E-state index contributed by atoms with van der Waals surface area (Å²) in [4.78, 5) is 28.6. The summed E-state index contributed by atoms with van der Waals surface area (Å²) in [5.74, 6) is 2.42. The summed E-state index contributed by atoms with van der Waals surface area (Å²) in [7, 11) is 0. The third-order valence-electron chi connectivity index (χ3n) is 5.74. The Morgan fingerprint density at radius 1 is 1.00 bits per heavy atom. The number of hydrogen-bond donors (Lipinski definition) is 0. The lowest BCUT2D eigenvalue weighted by Gasteiger charge is -2.37. The van der Waals surface area contributed by atoms with Gasteiger partial charge in [0.2, 0.25) is 11.9 Å². The molecular weight excluding hydrogens is 330 g/mol. The van der Waals surface area contributed by atoms with Gasteiger partial charge in [0.15, 0.2) is 0 Å². The number of piperazine rings is 1. The highest BCUT2D eigenvalue weighted by molar-refractivity contribution is 5.79. The molecule has 7 heteroatoms. The SMILES string of the molecule is Cc1cc(N2CCN(C(=O)C3CCCC3)CC2)nc(N2CCOCC2)n1. The van der Waals surface area contributed by atoms with Crippen molar-refractivity contribution in [2.24, 2.45) is 5.92 Å². The van der Waals surface area contributed by atoms with Crippen molar-refractivity contribution in [1.82, 2.24) is 14.9 Å². The number of amides is 1. The molecule has 3 aliphatic rings. The Morgan fingerprint density at radius 3 is 2.38 bits per heavy atom. The molecular formula is C19H29N5O2. The first-order chi connectivity index (χ1) is 12.7. The number of carbonyl (C=O) groups is 1. The Kier molecular flexibility index (Phi) is 5.24. The van der Waals surface area contributed by atoms with Crippen LogP contribution in [0.5, 0.6) is 0 Å².